The Morgan fingerprint density at radius 3 is 2.61 bits per heavy atom. The van der Waals surface area contributed by atoms with Crippen molar-refractivity contribution in [1.82, 2.24) is 9.80 Å². The van der Waals surface area contributed by atoms with Crippen LogP contribution in [0.15, 0.2) is 41.8 Å². The minimum absolute atomic E-state index is 0.0338. The molecule has 1 amide bonds. The first-order valence-corrected chi connectivity index (χ1v) is 10.2. The fraction of sp³-hybridized carbons (Fsp3) is 0.429. The van der Waals surface area contributed by atoms with E-state index in [9.17, 15) is 9.59 Å². The molecule has 2 aromatic rings. The lowest BCUT2D eigenvalue weighted by atomic mass is 9.97. The summed E-state index contributed by atoms with van der Waals surface area (Å²) in [5, 5.41) is 4.62. The second-order valence-electron chi connectivity index (χ2n) is 7.63. The number of anilines is 1. The van der Waals surface area contributed by atoms with Gasteiger partial charge in [0.25, 0.3) is 0 Å². The number of ether oxygens (including phenoxy) is 1. The maximum absolute atomic E-state index is 12.5. The summed E-state index contributed by atoms with van der Waals surface area (Å²) >= 11 is 1.26. The van der Waals surface area contributed by atoms with Crippen LogP contribution in [0.3, 0.4) is 0 Å². The van der Waals surface area contributed by atoms with Crippen molar-refractivity contribution in [2.24, 2.45) is 0 Å². The number of hydrogen-bond acceptors (Lipinski definition) is 6. The van der Waals surface area contributed by atoms with E-state index < -0.39 is 5.97 Å². The molecule has 1 fully saturated rings. The molecule has 1 N–H and O–H groups in total. The predicted molar refractivity (Wildman–Crippen MR) is 112 cm³/mol. The number of thiophene rings is 1. The molecule has 0 unspecified atom stereocenters. The van der Waals surface area contributed by atoms with Crippen LogP contribution in [0.5, 0.6) is 0 Å². The number of piperazine rings is 1. The predicted octanol–water partition coefficient (Wildman–Crippen LogP) is 3.07. The molecule has 1 aromatic heterocycles. The number of nitrogens with one attached hydrogen (secondary N) is 1. The van der Waals surface area contributed by atoms with Crippen LogP contribution in [0, 0.1) is 0 Å². The van der Waals surface area contributed by atoms with Crippen LogP contribution in [0.4, 0.5) is 5.69 Å². The Morgan fingerprint density at radius 1 is 1.18 bits per heavy atom. The fourth-order valence-corrected chi connectivity index (χ4v) is 4.34. The first-order chi connectivity index (χ1) is 13.4. The van der Waals surface area contributed by atoms with Crippen LogP contribution in [0.1, 0.15) is 29.1 Å². The van der Waals surface area contributed by atoms with E-state index in [4.69, 9.17) is 4.74 Å². The Labute approximate surface area is 170 Å². The number of hydrogen-bond donors (Lipinski definition) is 1. The second-order valence-corrected chi connectivity index (χ2v) is 8.55. The highest BCUT2D eigenvalue weighted by atomic mass is 32.1. The first-order valence-electron chi connectivity index (χ1n) is 9.36. The highest BCUT2D eigenvalue weighted by Crippen LogP contribution is 2.25. The summed E-state index contributed by atoms with van der Waals surface area (Å²) in [5.74, 6) is -0.545. The molecule has 1 aliphatic heterocycles. The zero-order valence-corrected chi connectivity index (χ0v) is 17.4. The molecule has 0 aliphatic carbocycles. The summed E-state index contributed by atoms with van der Waals surface area (Å²) in [5.41, 5.74) is 1.78. The summed E-state index contributed by atoms with van der Waals surface area (Å²) in [4.78, 5) is 29.3. The van der Waals surface area contributed by atoms with Gasteiger partial charge in [-0.1, -0.05) is 30.3 Å². The zero-order chi connectivity index (χ0) is 20.1. The second kappa shape index (κ2) is 8.86. The van der Waals surface area contributed by atoms with Crippen molar-refractivity contribution in [3.05, 3.63) is 52.2 Å². The molecular formula is C21H27N3O3S. The van der Waals surface area contributed by atoms with Crippen molar-refractivity contribution in [3.8, 4) is 0 Å². The van der Waals surface area contributed by atoms with Crippen molar-refractivity contribution in [1.29, 1.82) is 0 Å². The van der Waals surface area contributed by atoms with Crippen LogP contribution >= 0.6 is 11.3 Å². The Kier molecular flexibility index (Phi) is 6.49. The number of esters is 1. The monoisotopic (exact) mass is 401 g/mol. The summed E-state index contributed by atoms with van der Waals surface area (Å²) in [6.07, 6.45) is 0. The van der Waals surface area contributed by atoms with Crippen molar-refractivity contribution < 1.29 is 14.3 Å². The average Bonchev–Trinajstić information content (AvgIpc) is 3.11. The summed E-state index contributed by atoms with van der Waals surface area (Å²) in [6, 6.07) is 12.2. The lowest BCUT2D eigenvalue weighted by Crippen LogP contribution is -2.59. The highest BCUT2D eigenvalue weighted by Gasteiger charge is 2.34. The van der Waals surface area contributed by atoms with Gasteiger partial charge in [-0.2, -0.15) is 0 Å². The summed E-state index contributed by atoms with van der Waals surface area (Å²) < 4.78 is 4.76. The maximum Gasteiger partial charge on any atom is 0.350 e. The van der Waals surface area contributed by atoms with Gasteiger partial charge < -0.3 is 10.1 Å². The Morgan fingerprint density at radius 2 is 1.93 bits per heavy atom. The van der Waals surface area contributed by atoms with Crippen molar-refractivity contribution in [2.75, 3.05) is 38.6 Å². The number of carbonyl (C=O) groups is 2. The minimum Gasteiger partial charge on any atom is -0.465 e. The third-order valence-electron chi connectivity index (χ3n) is 5.05. The molecule has 6 nitrogen and oxygen atoms in total. The quantitative estimate of drug-likeness (QED) is 0.754. The number of amides is 1. The molecule has 150 valence electrons. The standard InChI is InChI=1S/C21H27N3O3S/c1-21(2)15-23(10-11-24(21)13-16-7-5-4-6-8-16)14-18(25)22-17-9-12-28-19(17)20(26)27-3/h4-9,12H,10-11,13-15H2,1-3H3,(H,22,25). The summed E-state index contributed by atoms with van der Waals surface area (Å²) in [7, 11) is 1.34. The van der Waals surface area contributed by atoms with E-state index in [1.807, 2.05) is 6.07 Å². The summed E-state index contributed by atoms with van der Waals surface area (Å²) in [6.45, 7) is 8.19. The smallest absolute Gasteiger partial charge is 0.350 e. The van der Waals surface area contributed by atoms with Gasteiger partial charge in [0, 0.05) is 31.7 Å². The first kappa shape index (κ1) is 20.5. The molecule has 0 radical (unpaired) electrons. The molecule has 0 bridgehead atoms. The number of carbonyl (C=O) groups excluding carboxylic acids is 2. The van der Waals surface area contributed by atoms with E-state index in [1.165, 1.54) is 24.0 Å². The molecule has 1 aliphatic rings. The van der Waals surface area contributed by atoms with Crippen molar-refractivity contribution in [2.45, 2.75) is 25.9 Å². The van der Waals surface area contributed by atoms with E-state index in [-0.39, 0.29) is 11.4 Å². The van der Waals surface area contributed by atoms with Gasteiger partial charge in [-0.3, -0.25) is 14.6 Å². The number of benzene rings is 1. The molecule has 1 aromatic carbocycles. The van der Waals surface area contributed by atoms with Crippen LogP contribution in [0.2, 0.25) is 0 Å². The Bertz CT molecular complexity index is 819. The third kappa shape index (κ3) is 4.98. The number of rotatable bonds is 6. The molecule has 0 saturated carbocycles. The van der Waals surface area contributed by atoms with E-state index >= 15 is 0 Å². The van der Waals surface area contributed by atoms with Crippen LogP contribution < -0.4 is 5.32 Å². The molecule has 2 heterocycles. The SMILES string of the molecule is COC(=O)c1sccc1NC(=O)CN1CCN(Cc2ccccc2)C(C)(C)C1. The number of nitrogens with zero attached hydrogens (tertiary/aromatic N) is 2. The zero-order valence-electron chi connectivity index (χ0n) is 16.6. The lowest BCUT2D eigenvalue weighted by molar-refractivity contribution is -0.118. The molecule has 28 heavy (non-hydrogen) atoms. The Hall–Kier alpha value is -2.22. The fourth-order valence-electron chi connectivity index (χ4n) is 3.57. The average molecular weight is 402 g/mol. The number of methoxy groups -OCH3 is 1. The molecule has 0 spiro atoms. The van der Waals surface area contributed by atoms with Gasteiger partial charge in [-0.15, -0.1) is 11.3 Å². The van der Waals surface area contributed by atoms with E-state index in [1.54, 1.807) is 11.4 Å². The molecule has 1 saturated heterocycles. The van der Waals surface area contributed by atoms with Gasteiger partial charge in [0.15, 0.2) is 0 Å². The molecular weight excluding hydrogens is 374 g/mol. The van der Waals surface area contributed by atoms with Gasteiger partial charge in [0.1, 0.15) is 4.88 Å². The minimum atomic E-state index is -0.430. The van der Waals surface area contributed by atoms with E-state index in [2.05, 4.69) is 53.2 Å². The Balaban J connectivity index is 1.56. The van der Waals surface area contributed by atoms with Gasteiger partial charge in [-0.25, -0.2) is 4.79 Å². The molecule has 0 atom stereocenters. The molecule has 3 rings (SSSR count). The van der Waals surface area contributed by atoms with Gasteiger partial charge in [0.2, 0.25) is 5.91 Å². The largest absolute Gasteiger partial charge is 0.465 e. The van der Waals surface area contributed by atoms with Gasteiger partial charge >= 0.3 is 5.97 Å². The van der Waals surface area contributed by atoms with Crippen LogP contribution in [0.25, 0.3) is 0 Å². The normalized spacial score (nSPS) is 17.2. The maximum atomic E-state index is 12.5. The van der Waals surface area contributed by atoms with Crippen molar-refractivity contribution in [3.63, 3.8) is 0 Å². The lowest BCUT2D eigenvalue weighted by Gasteiger charge is -2.47. The van der Waals surface area contributed by atoms with Gasteiger partial charge in [-0.05, 0) is 30.9 Å². The highest BCUT2D eigenvalue weighted by molar-refractivity contribution is 7.12. The molecule has 7 heteroatoms. The van der Waals surface area contributed by atoms with Crippen LogP contribution in [-0.4, -0.2) is 60.5 Å². The van der Waals surface area contributed by atoms with Crippen LogP contribution in [-0.2, 0) is 16.1 Å². The topological polar surface area (TPSA) is 61.9 Å². The van der Waals surface area contributed by atoms with E-state index in [0.717, 1.165) is 26.2 Å². The third-order valence-corrected chi connectivity index (χ3v) is 5.94. The van der Waals surface area contributed by atoms with Gasteiger partial charge in [0.05, 0.1) is 19.3 Å². The van der Waals surface area contributed by atoms with E-state index in [0.29, 0.717) is 17.1 Å². The van der Waals surface area contributed by atoms with Crippen molar-refractivity contribution >= 4 is 28.9 Å².